The zero-order valence-corrected chi connectivity index (χ0v) is 13.5. The molecule has 3 rings (SSSR count). The summed E-state index contributed by atoms with van der Waals surface area (Å²) < 4.78 is 24.6. The van der Waals surface area contributed by atoms with Gasteiger partial charge in [-0.1, -0.05) is 12.1 Å². The standard InChI is InChI=1S/C16H19N3O3S/c20-16(17-10-14-6-9-23(21,22)12-14)15-4-2-13(3-5-15)11-19-8-1-7-18-19/h1-5,7-8,14H,6,9-12H2,(H,17,20)/t14-/m1/s1. The van der Waals surface area contributed by atoms with Crippen LogP contribution in [0.5, 0.6) is 0 Å². The first-order chi connectivity index (χ1) is 11.0. The molecule has 23 heavy (non-hydrogen) atoms. The highest BCUT2D eigenvalue weighted by atomic mass is 32.2. The summed E-state index contributed by atoms with van der Waals surface area (Å²) in [4.78, 5) is 12.1. The Bertz CT molecular complexity index is 767. The normalized spacial score (nSPS) is 19.6. The minimum absolute atomic E-state index is 0.0306. The molecular formula is C16H19N3O3S. The maximum absolute atomic E-state index is 12.1. The van der Waals surface area contributed by atoms with Gasteiger partial charge in [-0.05, 0) is 36.1 Å². The number of sulfone groups is 1. The fourth-order valence-corrected chi connectivity index (χ4v) is 4.58. The van der Waals surface area contributed by atoms with Crippen molar-refractivity contribution in [1.29, 1.82) is 0 Å². The molecule has 1 N–H and O–H groups in total. The van der Waals surface area contributed by atoms with Gasteiger partial charge in [0, 0.05) is 24.5 Å². The molecular weight excluding hydrogens is 314 g/mol. The fourth-order valence-electron chi connectivity index (χ4n) is 2.71. The first-order valence-corrected chi connectivity index (χ1v) is 9.39. The van der Waals surface area contributed by atoms with Crippen molar-refractivity contribution in [3.05, 3.63) is 53.9 Å². The third kappa shape index (κ3) is 4.19. The van der Waals surface area contributed by atoms with Crippen molar-refractivity contribution in [3.63, 3.8) is 0 Å². The zero-order chi connectivity index (χ0) is 16.3. The Labute approximate surface area is 135 Å². The van der Waals surface area contributed by atoms with E-state index in [1.165, 1.54) is 0 Å². The summed E-state index contributed by atoms with van der Waals surface area (Å²) in [6.45, 7) is 1.07. The summed E-state index contributed by atoms with van der Waals surface area (Å²) in [5.41, 5.74) is 1.64. The van der Waals surface area contributed by atoms with E-state index in [0.717, 1.165) is 5.56 Å². The molecule has 6 nitrogen and oxygen atoms in total. The first-order valence-electron chi connectivity index (χ1n) is 7.57. The number of hydrogen-bond acceptors (Lipinski definition) is 4. The summed E-state index contributed by atoms with van der Waals surface area (Å²) in [5, 5.41) is 6.97. The second-order valence-corrected chi connectivity index (χ2v) is 8.11. The Morgan fingerprint density at radius 3 is 2.70 bits per heavy atom. The SMILES string of the molecule is O=C(NC[C@H]1CCS(=O)(=O)C1)c1ccc(Cn2cccn2)cc1. The van der Waals surface area contributed by atoms with Gasteiger partial charge in [-0.25, -0.2) is 8.42 Å². The zero-order valence-electron chi connectivity index (χ0n) is 12.7. The van der Waals surface area contributed by atoms with Crippen molar-refractivity contribution in [2.45, 2.75) is 13.0 Å². The summed E-state index contributed by atoms with van der Waals surface area (Å²) in [5.74, 6) is 0.272. The average Bonchev–Trinajstić information content (AvgIpc) is 3.15. The molecule has 0 unspecified atom stereocenters. The van der Waals surface area contributed by atoms with Crippen LogP contribution in [0.2, 0.25) is 0 Å². The molecule has 1 saturated heterocycles. The maximum atomic E-state index is 12.1. The molecule has 7 heteroatoms. The van der Waals surface area contributed by atoms with Gasteiger partial charge < -0.3 is 5.32 Å². The van der Waals surface area contributed by atoms with Crippen molar-refractivity contribution in [1.82, 2.24) is 15.1 Å². The van der Waals surface area contributed by atoms with Crippen molar-refractivity contribution in [3.8, 4) is 0 Å². The monoisotopic (exact) mass is 333 g/mol. The minimum Gasteiger partial charge on any atom is -0.352 e. The Hall–Kier alpha value is -2.15. The van der Waals surface area contributed by atoms with E-state index in [0.29, 0.717) is 25.1 Å². The average molecular weight is 333 g/mol. The Balaban J connectivity index is 1.53. The van der Waals surface area contributed by atoms with Gasteiger partial charge in [0.15, 0.2) is 9.84 Å². The van der Waals surface area contributed by atoms with E-state index in [1.54, 1.807) is 18.3 Å². The molecule has 2 aromatic rings. The van der Waals surface area contributed by atoms with Crippen molar-refractivity contribution >= 4 is 15.7 Å². The van der Waals surface area contributed by atoms with Crippen molar-refractivity contribution in [2.24, 2.45) is 5.92 Å². The molecule has 0 bridgehead atoms. The number of benzene rings is 1. The van der Waals surface area contributed by atoms with Gasteiger partial charge in [-0.2, -0.15) is 5.10 Å². The Morgan fingerprint density at radius 1 is 1.30 bits per heavy atom. The van der Waals surface area contributed by atoms with Gasteiger partial charge in [-0.3, -0.25) is 9.48 Å². The van der Waals surface area contributed by atoms with Crippen LogP contribution < -0.4 is 5.32 Å². The molecule has 0 spiro atoms. The van der Waals surface area contributed by atoms with Crippen LogP contribution in [-0.4, -0.2) is 42.2 Å². The lowest BCUT2D eigenvalue weighted by Gasteiger charge is -2.10. The highest BCUT2D eigenvalue weighted by molar-refractivity contribution is 7.91. The predicted octanol–water partition coefficient (Wildman–Crippen LogP) is 1.10. The van der Waals surface area contributed by atoms with Crippen LogP contribution in [0.4, 0.5) is 0 Å². The van der Waals surface area contributed by atoms with E-state index in [4.69, 9.17) is 0 Å². The first kappa shape index (κ1) is 15.7. The molecule has 1 aliphatic heterocycles. The third-order valence-corrected chi connectivity index (χ3v) is 5.83. The van der Waals surface area contributed by atoms with E-state index in [2.05, 4.69) is 10.4 Å². The maximum Gasteiger partial charge on any atom is 0.251 e. The van der Waals surface area contributed by atoms with Crippen LogP contribution >= 0.6 is 0 Å². The second kappa shape index (κ2) is 6.54. The fraction of sp³-hybridized carbons (Fsp3) is 0.375. The van der Waals surface area contributed by atoms with Gasteiger partial charge in [0.25, 0.3) is 5.91 Å². The van der Waals surface area contributed by atoms with Crippen molar-refractivity contribution < 1.29 is 13.2 Å². The molecule has 122 valence electrons. The van der Waals surface area contributed by atoms with Crippen molar-refractivity contribution in [2.75, 3.05) is 18.1 Å². The number of nitrogens with one attached hydrogen (secondary N) is 1. The van der Waals surface area contributed by atoms with Crippen LogP contribution in [0.25, 0.3) is 0 Å². The molecule has 2 heterocycles. The van der Waals surface area contributed by atoms with Gasteiger partial charge in [-0.15, -0.1) is 0 Å². The lowest BCUT2D eigenvalue weighted by molar-refractivity contribution is 0.0948. The van der Waals surface area contributed by atoms with Gasteiger partial charge >= 0.3 is 0 Å². The molecule has 0 radical (unpaired) electrons. The molecule has 1 atom stereocenters. The van der Waals surface area contributed by atoms with Crippen LogP contribution in [0.15, 0.2) is 42.7 Å². The second-order valence-electron chi connectivity index (χ2n) is 5.88. The molecule has 1 aliphatic rings. The number of hydrogen-bond donors (Lipinski definition) is 1. The highest BCUT2D eigenvalue weighted by Crippen LogP contribution is 2.17. The smallest absolute Gasteiger partial charge is 0.251 e. The van der Waals surface area contributed by atoms with Gasteiger partial charge in [0.1, 0.15) is 0 Å². The number of nitrogens with zero attached hydrogens (tertiary/aromatic N) is 2. The Morgan fingerprint density at radius 2 is 2.09 bits per heavy atom. The van der Waals surface area contributed by atoms with E-state index in [1.807, 2.05) is 29.1 Å². The lowest BCUT2D eigenvalue weighted by atomic mass is 10.1. The Kier molecular flexibility index (Phi) is 4.47. The molecule has 0 saturated carbocycles. The van der Waals surface area contributed by atoms with E-state index < -0.39 is 9.84 Å². The molecule has 1 amide bonds. The molecule has 1 fully saturated rings. The largest absolute Gasteiger partial charge is 0.352 e. The van der Waals surface area contributed by atoms with Crippen LogP contribution in [-0.2, 0) is 16.4 Å². The van der Waals surface area contributed by atoms with Crippen LogP contribution in [0.1, 0.15) is 22.3 Å². The molecule has 1 aromatic heterocycles. The van der Waals surface area contributed by atoms with Gasteiger partial charge in [0.05, 0.1) is 18.1 Å². The quantitative estimate of drug-likeness (QED) is 0.888. The molecule has 1 aromatic carbocycles. The van der Waals surface area contributed by atoms with Crippen LogP contribution in [0, 0.1) is 5.92 Å². The summed E-state index contributed by atoms with van der Waals surface area (Å²) in [6, 6.07) is 9.22. The molecule has 0 aliphatic carbocycles. The summed E-state index contributed by atoms with van der Waals surface area (Å²) >= 11 is 0. The predicted molar refractivity (Wildman–Crippen MR) is 86.9 cm³/mol. The van der Waals surface area contributed by atoms with E-state index in [-0.39, 0.29) is 23.3 Å². The van der Waals surface area contributed by atoms with Crippen LogP contribution in [0.3, 0.4) is 0 Å². The van der Waals surface area contributed by atoms with E-state index >= 15 is 0 Å². The lowest BCUT2D eigenvalue weighted by Crippen LogP contribution is -2.29. The third-order valence-electron chi connectivity index (χ3n) is 4.00. The number of carbonyl (C=O) groups excluding carboxylic acids is 1. The minimum atomic E-state index is -2.90. The van der Waals surface area contributed by atoms with Gasteiger partial charge in [0.2, 0.25) is 0 Å². The highest BCUT2D eigenvalue weighted by Gasteiger charge is 2.27. The van der Waals surface area contributed by atoms with E-state index in [9.17, 15) is 13.2 Å². The summed E-state index contributed by atoms with van der Waals surface area (Å²) in [7, 11) is -2.90. The topological polar surface area (TPSA) is 81.1 Å². The number of amides is 1. The number of carbonyl (C=O) groups is 1. The summed E-state index contributed by atoms with van der Waals surface area (Å²) in [6.07, 6.45) is 4.24. The number of aromatic nitrogens is 2. The number of rotatable bonds is 5.